The Morgan fingerprint density at radius 2 is 2.12 bits per heavy atom. The van der Waals surface area contributed by atoms with Crippen LogP contribution in [0.1, 0.15) is 37.3 Å². The highest BCUT2D eigenvalue weighted by Gasteiger charge is 2.44. The van der Waals surface area contributed by atoms with E-state index >= 15 is 0 Å². The quantitative estimate of drug-likeness (QED) is 0.778. The minimum atomic E-state index is 0.0274. The summed E-state index contributed by atoms with van der Waals surface area (Å²) in [6.45, 7) is 4.70. The van der Waals surface area contributed by atoms with E-state index in [2.05, 4.69) is 43.7 Å². The first kappa shape index (κ1) is 15.4. The molecule has 0 radical (unpaired) electrons. The van der Waals surface area contributed by atoms with Gasteiger partial charge >= 0.3 is 0 Å². The third kappa shape index (κ3) is 3.06. The minimum absolute atomic E-state index is 0.0274. The zero-order valence-electron chi connectivity index (χ0n) is 14.8. The summed E-state index contributed by atoms with van der Waals surface area (Å²) in [7, 11) is 2.24. The van der Waals surface area contributed by atoms with Gasteiger partial charge < -0.3 is 15.5 Å². The zero-order valence-corrected chi connectivity index (χ0v) is 14.8. The molecular formula is C18H27N7. The van der Waals surface area contributed by atoms with Crippen LogP contribution in [0.3, 0.4) is 0 Å². The molecule has 0 amide bonds. The van der Waals surface area contributed by atoms with Crippen LogP contribution in [0.15, 0.2) is 23.3 Å². The maximum Gasteiger partial charge on any atom is 0.178 e. The first-order valence-electron chi connectivity index (χ1n) is 9.45. The third-order valence-corrected chi connectivity index (χ3v) is 6.06. The molecule has 1 aromatic heterocycles. The molecule has 25 heavy (non-hydrogen) atoms. The highest BCUT2D eigenvalue weighted by atomic mass is 15.4. The number of anilines is 1. The average Bonchev–Trinajstić information content (AvgIpc) is 3.05. The normalized spacial score (nSPS) is 33.0. The smallest absolute Gasteiger partial charge is 0.178 e. The summed E-state index contributed by atoms with van der Waals surface area (Å²) in [6, 6.07) is 2.12. The van der Waals surface area contributed by atoms with Crippen LogP contribution in [-0.2, 0) is 0 Å². The van der Waals surface area contributed by atoms with Crippen LogP contribution in [0.25, 0.3) is 0 Å². The van der Waals surface area contributed by atoms with Gasteiger partial charge in [-0.05, 0) is 50.8 Å². The molecule has 2 unspecified atom stereocenters. The van der Waals surface area contributed by atoms with Crippen LogP contribution in [0.5, 0.6) is 0 Å². The largest absolute Gasteiger partial charge is 0.357 e. The molecule has 7 nitrogen and oxygen atoms in total. The molecular weight excluding hydrogens is 314 g/mol. The van der Waals surface area contributed by atoms with E-state index in [9.17, 15) is 0 Å². The molecule has 3 fully saturated rings. The number of aromatic amines is 1. The first-order chi connectivity index (χ1) is 12.2. The van der Waals surface area contributed by atoms with Crippen LogP contribution in [0.2, 0.25) is 0 Å². The highest BCUT2D eigenvalue weighted by Crippen LogP contribution is 2.40. The van der Waals surface area contributed by atoms with E-state index in [1.807, 2.05) is 12.3 Å². The van der Waals surface area contributed by atoms with Gasteiger partial charge in [-0.2, -0.15) is 5.10 Å². The van der Waals surface area contributed by atoms with Gasteiger partial charge in [-0.1, -0.05) is 0 Å². The lowest BCUT2D eigenvalue weighted by Crippen LogP contribution is -2.45. The Balaban J connectivity index is 1.25. The van der Waals surface area contributed by atoms with Crippen molar-refractivity contribution >= 4 is 11.7 Å². The molecule has 1 aromatic rings. The van der Waals surface area contributed by atoms with Crippen molar-refractivity contribution in [3.63, 3.8) is 0 Å². The van der Waals surface area contributed by atoms with Crippen molar-refractivity contribution in [3.8, 4) is 0 Å². The number of H-pyrrole nitrogens is 1. The van der Waals surface area contributed by atoms with Gasteiger partial charge in [0.25, 0.3) is 0 Å². The van der Waals surface area contributed by atoms with Gasteiger partial charge in [-0.3, -0.25) is 10.00 Å². The fourth-order valence-corrected chi connectivity index (χ4v) is 4.49. The van der Waals surface area contributed by atoms with Crippen LogP contribution < -0.4 is 10.6 Å². The number of amidine groups is 1. The fourth-order valence-electron chi connectivity index (χ4n) is 4.49. The average molecular weight is 341 g/mol. The molecule has 5 rings (SSSR count). The molecule has 1 spiro atoms. The number of rotatable bonds is 3. The number of hydrogen-bond acceptors (Lipinski definition) is 6. The van der Waals surface area contributed by atoms with Crippen molar-refractivity contribution in [2.45, 2.75) is 37.9 Å². The highest BCUT2D eigenvalue weighted by molar-refractivity contribution is 6.03. The van der Waals surface area contributed by atoms with E-state index < -0.39 is 0 Å². The number of aliphatic imine (C=N–C) groups is 1. The molecule has 4 aliphatic rings. The monoisotopic (exact) mass is 341 g/mol. The van der Waals surface area contributed by atoms with Crippen molar-refractivity contribution in [1.29, 1.82) is 0 Å². The summed E-state index contributed by atoms with van der Waals surface area (Å²) in [6.07, 6.45) is 9.16. The molecule has 3 aliphatic heterocycles. The second kappa shape index (κ2) is 5.85. The van der Waals surface area contributed by atoms with Crippen LogP contribution in [-0.4, -0.2) is 65.3 Å². The topological polar surface area (TPSA) is 71.6 Å². The lowest BCUT2D eigenvalue weighted by atomic mass is 9.86. The van der Waals surface area contributed by atoms with E-state index in [1.54, 1.807) is 0 Å². The third-order valence-electron chi connectivity index (χ3n) is 6.06. The SMILES string of the molecule is CN1CCC2(CCN(C3N=C(Nc4cc(C5CC5)[nH]n4)C=CN3)C2)C1. The Morgan fingerprint density at radius 3 is 2.92 bits per heavy atom. The van der Waals surface area contributed by atoms with Crippen molar-refractivity contribution in [1.82, 2.24) is 25.3 Å². The van der Waals surface area contributed by atoms with E-state index in [0.29, 0.717) is 11.3 Å². The van der Waals surface area contributed by atoms with Gasteiger partial charge in [0.15, 0.2) is 12.1 Å². The van der Waals surface area contributed by atoms with Gasteiger partial charge in [-0.25, -0.2) is 4.99 Å². The number of nitrogens with one attached hydrogen (secondary N) is 3. The van der Waals surface area contributed by atoms with Crippen LogP contribution in [0, 0.1) is 5.41 Å². The van der Waals surface area contributed by atoms with Crippen molar-refractivity contribution in [3.05, 3.63) is 24.0 Å². The summed E-state index contributed by atoms with van der Waals surface area (Å²) in [5.41, 5.74) is 1.71. The van der Waals surface area contributed by atoms with E-state index in [0.717, 1.165) is 24.7 Å². The van der Waals surface area contributed by atoms with E-state index in [-0.39, 0.29) is 6.29 Å². The molecule has 1 aliphatic carbocycles. The summed E-state index contributed by atoms with van der Waals surface area (Å²) in [5.74, 6) is 2.43. The Bertz CT molecular complexity index is 704. The Hall–Kier alpha value is -1.86. The molecule has 0 bridgehead atoms. The van der Waals surface area contributed by atoms with E-state index in [4.69, 9.17) is 4.99 Å². The molecule has 0 aromatic carbocycles. The number of hydrogen-bond donors (Lipinski definition) is 3. The zero-order chi connectivity index (χ0) is 16.9. The lowest BCUT2D eigenvalue weighted by molar-refractivity contribution is 0.191. The van der Waals surface area contributed by atoms with Gasteiger partial charge in [0.05, 0.1) is 0 Å². The molecule has 2 saturated heterocycles. The lowest BCUT2D eigenvalue weighted by Gasteiger charge is -2.29. The van der Waals surface area contributed by atoms with Gasteiger partial charge in [0.1, 0.15) is 5.84 Å². The molecule has 1 saturated carbocycles. The molecule has 4 heterocycles. The number of nitrogens with zero attached hydrogens (tertiary/aromatic N) is 4. The summed E-state index contributed by atoms with van der Waals surface area (Å²) < 4.78 is 0. The fraction of sp³-hybridized carbons (Fsp3) is 0.667. The Morgan fingerprint density at radius 1 is 1.24 bits per heavy atom. The Labute approximate surface area is 148 Å². The van der Waals surface area contributed by atoms with Gasteiger partial charge in [0.2, 0.25) is 0 Å². The van der Waals surface area contributed by atoms with Crippen LogP contribution in [0.4, 0.5) is 5.82 Å². The van der Waals surface area contributed by atoms with Crippen molar-refractivity contribution < 1.29 is 0 Å². The standard InChI is InChI=1S/C18H27N7/c1-24-8-5-18(11-24)6-9-25(12-18)17-19-7-4-15(21-17)20-16-10-14(22-23-16)13-2-3-13/h4,7,10,13,17,19H,2-3,5-6,8-9,11-12H2,1H3,(H2,20,21,22,23). The second-order valence-electron chi connectivity index (χ2n) is 8.20. The summed E-state index contributed by atoms with van der Waals surface area (Å²) in [4.78, 5) is 9.81. The molecule has 7 heteroatoms. The second-order valence-corrected chi connectivity index (χ2v) is 8.20. The van der Waals surface area contributed by atoms with Gasteiger partial charge in [-0.15, -0.1) is 0 Å². The Kier molecular flexibility index (Phi) is 3.60. The maximum atomic E-state index is 4.87. The maximum absolute atomic E-state index is 4.87. The summed E-state index contributed by atoms with van der Waals surface area (Å²) >= 11 is 0. The minimum Gasteiger partial charge on any atom is -0.357 e. The van der Waals surface area contributed by atoms with Crippen LogP contribution >= 0.6 is 0 Å². The number of likely N-dealkylation sites (tertiary alicyclic amines) is 2. The first-order valence-corrected chi connectivity index (χ1v) is 9.45. The predicted octanol–water partition coefficient (Wildman–Crippen LogP) is 1.53. The number of aromatic nitrogens is 2. The molecule has 2 atom stereocenters. The van der Waals surface area contributed by atoms with Crippen molar-refractivity contribution in [2.75, 3.05) is 38.5 Å². The molecule has 3 N–H and O–H groups in total. The predicted molar refractivity (Wildman–Crippen MR) is 98.4 cm³/mol. The molecule has 134 valence electrons. The van der Waals surface area contributed by atoms with Crippen molar-refractivity contribution in [2.24, 2.45) is 10.4 Å². The summed E-state index contributed by atoms with van der Waals surface area (Å²) in [5, 5.41) is 14.3. The van der Waals surface area contributed by atoms with E-state index in [1.165, 1.54) is 44.5 Å². The van der Waals surface area contributed by atoms with Gasteiger partial charge in [0, 0.05) is 43.5 Å².